The number of hydrogen-bond donors (Lipinski definition) is 1. The molecule has 1 saturated heterocycles. The third-order valence-corrected chi connectivity index (χ3v) is 3.74. The summed E-state index contributed by atoms with van der Waals surface area (Å²) >= 11 is 0. The lowest BCUT2D eigenvalue weighted by atomic mass is 10.2. The van der Waals surface area contributed by atoms with E-state index in [9.17, 15) is 0 Å². The van der Waals surface area contributed by atoms with Gasteiger partial charge in [0.1, 0.15) is 0 Å². The fourth-order valence-electron chi connectivity index (χ4n) is 2.78. The minimum Gasteiger partial charge on any atom is -0.379 e. The Labute approximate surface area is 113 Å². The molecule has 4 nitrogen and oxygen atoms in total. The molecule has 2 aromatic rings. The summed E-state index contributed by atoms with van der Waals surface area (Å²) in [6.45, 7) is 6.27. The number of nitrogens with two attached hydrogens (primary N) is 1. The van der Waals surface area contributed by atoms with E-state index in [0.717, 1.165) is 39.4 Å². The largest absolute Gasteiger partial charge is 0.379 e. The molecule has 0 saturated carbocycles. The Balaban J connectivity index is 1.90. The van der Waals surface area contributed by atoms with Crippen molar-refractivity contribution in [2.75, 3.05) is 32.8 Å². The number of benzene rings is 1. The summed E-state index contributed by atoms with van der Waals surface area (Å²) < 4.78 is 7.76. The highest BCUT2D eigenvalue weighted by Gasteiger charge is 2.14. The Hall–Kier alpha value is -1.36. The van der Waals surface area contributed by atoms with Crippen LogP contribution in [0.3, 0.4) is 0 Å². The van der Waals surface area contributed by atoms with Gasteiger partial charge in [-0.1, -0.05) is 18.2 Å². The third-order valence-electron chi connectivity index (χ3n) is 3.74. The van der Waals surface area contributed by atoms with Crippen LogP contribution in [-0.2, 0) is 17.8 Å². The van der Waals surface area contributed by atoms with Crippen molar-refractivity contribution in [1.82, 2.24) is 9.47 Å². The molecule has 3 rings (SSSR count). The highest BCUT2D eigenvalue weighted by molar-refractivity contribution is 5.81. The van der Waals surface area contributed by atoms with E-state index in [0.29, 0.717) is 6.54 Å². The van der Waals surface area contributed by atoms with Crippen molar-refractivity contribution < 1.29 is 4.74 Å². The number of para-hydroxylation sites is 1. The van der Waals surface area contributed by atoms with E-state index < -0.39 is 0 Å². The van der Waals surface area contributed by atoms with Gasteiger partial charge in [0.05, 0.1) is 13.2 Å². The number of morpholine rings is 1. The van der Waals surface area contributed by atoms with Crippen LogP contribution >= 0.6 is 0 Å². The number of aromatic nitrogens is 1. The lowest BCUT2D eigenvalue weighted by Gasteiger charge is -2.27. The number of rotatable bonds is 4. The summed E-state index contributed by atoms with van der Waals surface area (Å²) in [7, 11) is 0. The first-order valence-corrected chi connectivity index (χ1v) is 6.96. The monoisotopic (exact) mass is 259 g/mol. The smallest absolute Gasteiger partial charge is 0.0594 e. The average Bonchev–Trinajstić information content (AvgIpc) is 2.79. The van der Waals surface area contributed by atoms with Gasteiger partial charge in [-0.15, -0.1) is 0 Å². The standard InChI is InChI=1S/C15H21N3O/c16-5-6-18-14(12-17-7-9-19-10-8-17)11-13-3-1-2-4-15(13)18/h1-4,11H,5-10,12,16H2. The van der Waals surface area contributed by atoms with Crippen LogP contribution < -0.4 is 5.73 Å². The Kier molecular flexibility index (Phi) is 3.82. The SMILES string of the molecule is NCCn1c(CN2CCOCC2)cc2ccccc21. The molecule has 1 aliphatic rings. The minimum atomic E-state index is 0.675. The molecule has 0 aliphatic carbocycles. The van der Waals surface area contributed by atoms with Crippen molar-refractivity contribution in [3.8, 4) is 0 Å². The molecule has 102 valence electrons. The Morgan fingerprint density at radius 1 is 1.16 bits per heavy atom. The quantitative estimate of drug-likeness (QED) is 0.903. The zero-order valence-electron chi connectivity index (χ0n) is 11.2. The number of fused-ring (bicyclic) bond motifs is 1. The summed E-state index contributed by atoms with van der Waals surface area (Å²) in [6.07, 6.45) is 0. The van der Waals surface area contributed by atoms with Gasteiger partial charge in [-0.2, -0.15) is 0 Å². The van der Waals surface area contributed by atoms with Crippen LogP contribution in [0.2, 0.25) is 0 Å². The molecule has 2 N–H and O–H groups in total. The van der Waals surface area contributed by atoms with Gasteiger partial charge in [-0.3, -0.25) is 4.90 Å². The predicted octanol–water partition coefficient (Wildman–Crippen LogP) is 1.43. The summed E-state index contributed by atoms with van der Waals surface area (Å²) in [4.78, 5) is 2.45. The summed E-state index contributed by atoms with van der Waals surface area (Å²) in [5, 5.41) is 1.30. The van der Waals surface area contributed by atoms with Gasteiger partial charge in [-0.05, 0) is 17.5 Å². The minimum absolute atomic E-state index is 0.675. The lowest BCUT2D eigenvalue weighted by Crippen LogP contribution is -2.36. The molecular weight excluding hydrogens is 238 g/mol. The van der Waals surface area contributed by atoms with E-state index in [1.807, 2.05) is 0 Å². The van der Waals surface area contributed by atoms with Gasteiger partial charge in [0.2, 0.25) is 0 Å². The lowest BCUT2D eigenvalue weighted by molar-refractivity contribution is 0.0332. The van der Waals surface area contributed by atoms with E-state index in [4.69, 9.17) is 10.5 Å². The van der Waals surface area contributed by atoms with Gasteiger partial charge in [-0.25, -0.2) is 0 Å². The van der Waals surface area contributed by atoms with Crippen LogP contribution in [-0.4, -0.2) is 42.3 Å². The summed E-state index contributed by atoms with van der Waals surface area (Å²) in [5.74, 6) is 0. The molecule has 0 bridgehead atoms. The van der Waals surface area contributed by atoms with Crippen LogP contribution in [0.5, 0.6) is 0 Å². The average molecular weight is 259 g/mol. The van der Waals surface area contributed by atoms with E-state index in [1.54, 1.807) is 0 Å². The predicted molar refractivity (Wildman–Crippen MR) is 77.1 cm³/mol. The second-order valence-corrected chi connectivity index (χ2v) is 5.02. The highest BCUT2D eigenvalue weighted by atomic mass is 16.5. The van der Waals surface area contributed by atoms with Gasteiger partial charge < -0.3 is 15.0 Å². The molecule has 1 fully saturated rings. The molecule has 0 atom stereocenters. The Bertz CT molecular complexity index is 543. The second-order valence-electron chi connectivity index (χ2n) is 5.02. The fourth-order valence-corrected chi connectivity index (χ4v) is 2.78. The normalized spacial score (nSPS) is 17.1. The molecule has 19 heavy (non-hydrogen) atoms. The van der Waals surface area contributed by atoms with Gasteiger partial charge >= 0.3 is 0 Å². The fraction of sp³-hybridized carbons (Fsp3) is 0.467. The topological polar surface area (TPSA) is 43.4 Å². The molecule has 0 unspecified atom stereocenters. The molecule has 1 aliphatic heterocycles. The molecule has 4 heteroatoms. The van der Waals surface area contributed by atoms with Gasteiger partial charge in [0, 0.05) is 43.9 Å². The maximum atomic E-state index is 5.76. The third kappa shape index (κ3) is 2.66. The zero-order chi connectivity index (χ0) is 13.1. The van der Waals surface area contributed by atoms with E-state index in [-0.39, 0.29) is 0 Å². The maximum Gasteiger partial charge on any atom is 0.0594 e. The van der Waals surface area contributed by atoms with E-state index >= 15 is 0 Å². The van der Waals surface area contributed by atoms with Crippen molar-refractivity contribution in [1.29, 1.82) is 0 Å². The van der Waals surface area contributed by atoms with Crippen LogP contribution in [0.4, 0.5) is 0 Å². The first-order chi connectivity index (χ1) is 9.38. The van der Waals surface area contributed by atoms with E-state index in [2.05, 4.69) is 39.8 Å². The first kappa shape index (κ1) is 12.7. The van der Waals surface area contributed by atoms with E-state index in [1.165, 1.54) is 16.6 Å². The van der Waals surface area contributed by atoms with Gasteiger partial charge in [0.15, 0.2) is 0 Å². The van der Waals surface area contributed by atoms with Crippen molar-refractivity contribution in [2.45, 2.75) is 13.1 Å². The zero-order valence-corrected chi connectivity index (χ0v) is 11.2. The van der Waals surface area contributed by atoms with Crippen LogP contribution in [0, 0.1) is 0 Å². The second kappa shape index (κ2) is 5.74. The molecule has 2 heterocycles. The maximum absolute atomic E-state index is 5.76. The van der Waals surface area contributed by atoms with Crippen molar-refractivity contribution in [2.24, 2.45) is 5.73 Å². The van der Waals surface area contributed by atoms with Crippen molar-refractivity contribution in [3.05, 3.63) is 36.0 Å². The summed E-state index contributed by atoms with van der Waals surface area (Å²) in [6, 6.07) is 10.8. The molecule has 1 aromatic heterocycles. The first-order valence-electron chi connectivity index (χ1n) is 6.96. The van der Waals surface area contributed by atoms with Crippen LogP contribution in [0.1, 0.15) is 5.69 Å². The van der Waals surface area contributed by atoms with Gasteiger partial charge in [0.25, 0.3) is 0 Å². The molecule has 1 aromatic carbocycles. The molecule has 0 amide bonds. The van der Waals surface area contributed by atoms with Crippen molar-refractivity contribution >= 4 is 10.9 Å². The Morgan fingerprint density at radius 2 is 1.95 bits per heavy atom. The van der Waals surface area contributed by atoms with Crippen LogP contribution in [0.25, 0.3) is 10.9 Å². The molecule has 0 radical (unpaired) electrons. The highest BCUT2D eigenvalue weighted by Crippen LogP contribution is 2.21. The van der Waals surface area contributed by atoms with Crippen LogP contribution in [0.15, 0.2) is 30.3 Å². The number of hydrogen-bond acceptors (Lipinski definition) is 3. The molecule has 0 spiro atoms. The molecular formula is C15H21N3O. The number of ether oxygens (including phenoxy) is 1. The summed E-state index contributed by atoms with van der Waals surface area (Å²) in [5.41, 5.74) is 8.40. The van der Waals surface area contributed by atoms with Crippen molar-refractivity contribution in [3.63, 3.8) is 0 Å². The number of nitrogens with zero attached hydrogens (tertiary/aromatic N) is 2. The Morgan fingerprint density at radius 3 is 2.74 bits per heavy atom.